The molecule has 1 N–H and O–H groups in total. The highest BCUT2D eigenvalue weighted by Gasteiger charge is 2.18. The molecule has 0 saturated heterocycles. The molecule has 24 heavy (non-hydrogen) atoms. The minimum atomic E-state index is -0.218. The van der Waals surface area contributed by atoms with E-state index in [0.717, 1.165) is 15.6 Å². The van der Waals surface area contributed by atoms with Crippen molar-refractivity contribution in [3.63, 3.8) is 0 Å². The summed E-state index contributed by atoms with van der Waals surface area (Å²) in [5.74, 6) is 0.0671. The number of thiazole rings is 1. The molecule has 2 aromatic heterocycles. The fraction of sp³-hybridized carbons (Fsp3) is 0.250. The molecule has 124 valence electrons. The van der Waals surface area contributed by atoms with Crippen LogP contribution in [0.4, 0.5) is 5.13 Å². The van der Waals surface area contributed by atoms with Crippen LogP contribution in [-0.2, 0) is 0 Å². The van der Waals surface area contributed by atoms with Gasteiger partial charge in [0.2, 0.25) is 5.13 Å². The number of nitrogens with zero attached hydrogens (tertiary/aromatic N) is 3. The molecule has 0 fully saturated rings. The molecule has 2 heterocycles. The average molecular weight is 379 g/mol. The summed E-state index contributed by atoms with van der Waals surface area (Å²) in [5.41, 5.74) is 1.58. The number of carbonyl (C=O) groups excluding carboxylic acids is 1. The third kappa shape index (κ3) is 3.63. The molecule has 0 saturated carbocycles. The molecule has 8 heteroatoms. The molecule has 0 atom stereocenters. The number of hydrogen-bond donors (Lipinski definition) is 1. The Morgan fingerprint density at radius 3 is 2.71 bits per heavy atom. The number of halogens is 1. The predicted octanol–water partition coefficient (Wildman–Crippen LogP) is 5.00. The Hall–Kier alpha value is -1.83. The minimum Gasteiger partial charge on any atom is -0.296 e. The molecular weight excluding hydrogens is 364 g/mol. The highest BCUT2D eigenvalue weighted by Crippen LogP contribution is 2.30. The number of rotatable bonds is 4. The first-order valence-corrected chi connectivity index (χ1v) is 9.33. The zero-order chi connectivity index (χ0) is 17.3. The molecule has 0 aliphatic rings. The monoisotopic (exact) mass is 378 g/mol. The number of carbonyl (C=O) groups is 1. The van der Waals surface area contributed by atoms with Gasteiger partial charge in [-0.1, -0.05) is 48.9 Å². The molecule has 0 aliphatic carbocycles. The van der Waals surface area contributed by atoms with Gasteiger partial charge in [0.05, 0.1) is 5.69 Å². The van der Waals surface area contributed by atoms with Crippen molar-refractivity contribution in [1.82, 2.24) is 15.2 Å². The fourth-order valence-electron chi connectivity index (χ4n) is 2.02. The maximum absolute atomic E-state index is 12.5. The number of anilines is 1. The van der Waals surface area contributed by atoms with Gasteiger partial charge in [0.25, 0.3) is 5.91 Å². The van der Waals surface area contributed by atoms with Gasteiger partial charge in [-0.2, -0.15) is 0 Å². The van der Waals surface area contributed by atoms with E-state index in [2.05, 4.69) is 20.5 Å². The van der Waals surface area contributed by atoms with Crippen molar-refractivity contribution in [3.05, 3.63) is 44.9 Å². The van der Waals surface area contributed by atoms with Crippen LogP contribution in [0.5, 0.6) is 0 Å². The summed E-state index contributed by atoms with van der Waals surface area (Å²) in [4.78, 5) is 17.5. The summed E-state index contributed by atoms with van der Waals surface area (Å²) in [6, 6.07) is 7.43. The van der Waals surface area contributed by atoms with E-state index >= 15 is 0 Å². The second kappa shape index (κ2) is 6.96. The highest BCUT2D eigenvalue weighted by molar-refractivity contribution is 7.17. The van der Waals surface area contributed by atoms with Crippen LogP contribution in [0.1, 0.15) is 40.1 Å². The van der Waals surface area contributed by atoms with Gasteiger partial charge in [-0.05, 0) is 19.1 Å². The molecule has 1 aromatic carbocycles. The number of hydrogen-bond acceptors (Lipinski definition) is 6. The van der Waals surface area contributed by atoms with Crippen LogP contribution < -0.4 is 5.32 Å². The summed E-state index contributed by atoms with van der Waals surface area (Å²) in [5, 5.41) is 13.7. The maximum Gasteiger partial charge on any atom is 0.269 e. The normalized spacial score (nSPS) is 11.0. The Balaban J connectivity index is 1.82. The second-order valence-electron chi connectivity index (χ2n) is 5.50. The zero-order valence-corrected chi connectivity index (χ0v) is 15.7. The SMILES string of the molecule is Cc1nc(-c2cccc(Cl)c2)sc1C(=O)Nc1nnc(C(C)C)s1. The van der Waals surface area contributed by atoms with E-state index in [1.807, 2.05) is 39.0 Å². The third-order valence-corrected chi connectivity index (χ3v) is 5.81. The van der Waals surface area contributed by atoms with Crippen LogP contribution >= 0.6 is 34.3 Å². The molecule has 0 aliphatic heterocycles. The van der Waals surface area contributed by atoms with Crippen molar-refractivity contribution in [2.24, 2.45) is 0 Å². The lowest BCUT2D eigenvalue weighted by Crippen LogP contribution is -2.11. The van der Waals surface area contributed by atoms with Crippen LogP contribution in [0.3, 0.4) is 0 Å². The van der Waals surface area contributed by atoms with Gasteiger partial charge in [0.1, 0.15) is 14.9 Å². The van der Waals surface area contributed by atoms with Crippen LogP contribution in [0.25, 0.3) is 10.6 Å². The average Bonchev–Trinajstić information content (AvgIpc) is 3.14. The van der Waals surface area contributed by atoms with E-state index in [9.17, 15) is 4.79 Å². The van der Waals surface area contributed by atoms with Gasteiger partial charge in [-0.15, -0.1) is 21.5 Å². The summed E-state index contributed by atoms with van der Waals surface area (Å²) in [6.45, 7) is 5.90. The Morgan fingerprint density at radius 1 is 1.25 bits per heavy atom. The van der Waals surface area contributed by atoms with E-state index < -0.39 is 0 Å². The molecule has 3 aromatic rings. The Kier molecular flexibility index (Phi) is 4.93. The number of amides is 1. The van der Waals surface area contributed by atoms with Gasteiger partial charge in [-0.3, -0.25) is 10.1 Å². The van der Waals surface area contributed by atoms with Crippen molar-refractivity contribution in [3.8, 4) is 10.6 Å². The van der Waals surface area contributed by atoms with Gasteiger partial charge in [-0.25, -0.2) is 4.98 Å². The number of benzene rings is 1. The van der Waals surface area contributed by atoms with Crippen LogP contribution in [0.2, 0.25) is 5.02 Å². The van der Waals surface area contributed by atoms with E-state index in [1.165, 1.54) is 22.7 Å². The Bertz CT molecular complexity index is 888. The van der Waals surface area contributed by atoms with Gasteiger partial charge in [0.15, 0.2) is 0 Å². The molecule has 3 rings (SSSR count). The first kappa shape index (κ1) is 17.0. The van der Waals surface area contributed by atoms with E-state index in [1.54, 1.807) is 6.07 Å². The summed E-state index contributed by atoms with van der Waals surface area (Å²) >= 11 is 8.75. The van der Waals surface area contributed by atoms with Crippen LogP contribution in [0.15, 0.2) is 24.3 Å². The van der Waals surface area contributed by atoms with E-state index in [0.29, 0.717) is 20.7 Å². The third-order valence-electron chi connectivity index (χ3n) is 3.23. The van der Waals surface area contributed by atoms with Gasteiger partial charge >= 0.3 is 0 Å². The lowest BCUT2D eigenvalue weighted by Gasteiger charge is -1.98. The Morgan fingerprint density at radius 2 is 2.04 bits per heavy atom. The summed E-state index contributed by atoms with van der Waals surface area (Å²) < 4.78 is 0. The van der Waals surface area contributed by atoms with Crippen molar-refractivity contribution in [2.45, 2.75) is 26.7 Å². The van der Waals surface area contributed by atoms with Gasteiger partial charge in [0, 0.05) is 16.5 Å². The predicted molar refractivity (Wildman–Crippen MR) is 99.2 cm³/mol. The van der Waals surface area contributed by atoms with Crippen LogP contribution in [0, 0.1) is 6.92 Å². The number of nitrogens with one attached hydrogen (secondary N) is 1. The number of aromatic nitrogens is 3. The van der Waals surface area contributed by atoms with Crippen molar-refractivity contribution in [1.29, 1.82) is 0 Å². The maximum atomic E-state index is 12.5. The quantitative estimate of drug-likeness (QED) is 0.693. The summed E-state index contributed by atoms with van der Waals surface area (Å²) in [6.07, 6.45) is 0. The van der Waals surface area contributed by atoms with Crippen molar-refractivity contribution in [2.75, 3.05) is 5.32 Å². The van der Waals surface area contributed by atoms with Crippen molar-refractivity contribution < 1.29 is 4.79 Å². The lowest BCUT2D eigenvalue weighted by atomic mass is 10.2. The Labute approximate surface area is 152 Å². The molecule has 0 bridgehead atoms. The largest absolute Gasteiger partial charge is 0.296 e. The first-order valence-electron chi connectivity index (χ1n) is 7.32. The molecule has 5 nitrogen and oxygen atoms in total. The standard InChI is InChI=1S/C16H15ClN4OS2/c1-8(2)14-20-21-16(24-14)19-13(22)12-9(3)18-15(23-12)10-5-4-6-11(17)7-10/h4-8H,1-3H3,(H,19,21,22). The molecule has 0 unspecified atom stereocenters. The minimum absolute atomic E-state index is 0.218. The van der Waals surface area contributed by atoms with Crippen molar-refractivity contribution >= 4 is 45.3 Å². The number of aryl methyl sites for hydroxylation is 1. The highest BCUT2D eigenvalue weighted by atomic mass is 35.5. The molecular formula is C16H15ClN4OS2. The summed E-state index contributed by atoms with van der Waals surface area (Å²) in [7, 11) is 0. The molecule has 1 amide bonds. The van der Waals surface area contributed by atoms with Crippen LogP contribution in [-0.4, -0.2) is 21.1 Å². The lowest BCUT2D eigenvalue weighted by molar-refractivity contribution is 0.102. The fourth-order valence-corrected chi connectivity index (χ4v) is 3.91. The first-order chi connectivity index (χ1) is 11.4. The van der Waals surface area contributed by atoms with E-state index in [4.69, 9.17) is 11.6 Å². The smallest absolute Gasteiger partial charge is 0.269 e. The topological polar surface area (TPSA) is 67.8 Å². The molecule has 0 radical (unpaired) electrons. The zero-order valence-electron chi connectivity index (χ0n) is 13.3. The molecule has 0 spiro atoms. The second-order valence-corrected chi connectivity index (χ2v) is 7.94. The van der Waals surface area contributed by atoms with Gasteiger partial charge < -0.3 is 0 Å². The van der Waals surface area contributed by atoms with E-state index in [-0.39, 0.29) is 11.8 Å².